The number of hydroxylamine groups is 2. The molecule has 7 aromatic heterocycles. The SMILES string of the molecule is CC(=O)c1cc(Cl)nc(Cl)c1.CC(O)c1cc(Cl)nc(Cl)c1.CC(c1cc(Cl)nc(Cl)c1)N1C(=O)c2ccccc2C1=O.CON(C)C(=O)c1cc(Cl)nc(Cl)c1.COc1cc(C(=O)CCC(C)(O)c2cc(C(C)N)cc(-c3ccc(F)c(Cl)c3)n2)ccc1OC1CC1.COc1cc(C(=O)CCC(C)(O)c2cc(C(C)N3C(=O)c4ccccc4C3=O)cc(-c3ccc(F)c(Cl)c3)n2)ccc1OC1CC1.O=C(O)c1cc(Cl)nc(Cl)c1. The number of ether oxygens (including phenoxy) is 4. The highest BCUT2D eigenvalue weighted by atomic mass is 35.5. The summed E-state index contributed by atoms with van der Waals surface area (Å²) in [7, 11) is 5.94. The minimum absolute atomic E-state index is 0.00986. The van der Waals surface area contributed by atoms with E-state index in [1.165, 1.54) is 112 Å². The van der Waals surface area contributed by atoms with E-state index in [9.17, 15) is 62.1 Å². The van der Waals surface area contributed by atoms with Crippen LogP contribution in [0.1, 0.15) is 251 Å². The van der Waals surface area contributed by atoms with Gasteiger partial charge in [-0.3, -0.25) is 53.0 Å². The molecule has 150 heavy (non-hydrogen) atoms. The molecule has 4 aliphatic rings. The molecule has 0 saturated heterocycles. The van der Waals surface area contributed by atoms with Crippen LogP contribution in [0.25, 0.3) is 22.5 Å². The molecule has 2 fully saturated rings. The predicted octanol–water partition coefficient (Wildman–Crippen LogP) is 26.2. The zero-order valence-electron chi connectivity index (χ0n) is 81.6. The molecular weight excluding hydrogens is 2190 g/mol. The summed E-state index contributed by atoms with van der Waals surface area (Å²) in [5.41, 5.74) is 11.4. The van der Waals surface area contributed by atoms with Crippen molar-refractivity contribution in [3.63, 3.8) is 0 Å². The number of fused-ring (bicyclic) bond motifs is 2. The number of rotatable bonds is 28. The normalized spacial score (nSPS) is 14.2. The molecule has 5 amide bonds. The first-order valence-corrected chi connectivity index (χ1v) is 50.1. The molecule has 0 bridgehead atoms. The number of Topliss-reactive ketones (excluding diaryl/α,β-unsaturated/α-hetero) is 3. The summed E-state index contributed by atoms with van der Waals surface area (Å²) in [5, 5.41) is 43.6. The smallest absolute Gasteiger partial charge is 0.335 e. The van der Waals surface area contributed by atoms with Gasteiger partial charge in [0, 0.05) is 59.3 Å². The fourth-order valence-corrected chi connectivity index (χ4v) is 17.3. The van der Waals surface area contributed by atoms with Crippen molar-refractivity contribution >= 4 is 192 Å². The largest absolute Gasteiger partial charge is 0.493 e. The molecule has 784 valence electrons. The van der Waals surface area contributed by atoms with Crippen LogP contribution < -0.4 is 24.7 Å². The van der Waals surface area contributed by atoms with Crippen molar-refractivity contribution in [3.8, 4) is 45.5 Å². The van der Waals surface area contributed by atoms with E-state index in [1.807, 2.05) is 6.92 Å². The predicted molar refractivity (Wildman–Crippen MR) is 570 cm³/mol. The maximum absolute atomic E-state index is 14.0. The number of carbonyl (C=O) groups is 9. The van der Waals surface area contributed by atoms with Crippen molar-refractivity contribution in [1.82, 2.24) is 49.8 Å². The number of nitrogens with two attached hydrogens (primary N) is 1. The number of hydrogen-bond donors (Lipinski definition) is 5. The molecule has 13 aromatic rings. The number of imide groups is 2. The molecule has 2 saturated carbocycles. The Balaban J connectivity index is 0.000000180. The number of halogens is 14. The number of carbonyl (C=O) groups excluding carboxylic acids is 8. The number of methoxy groups -OCH3 is 2. The van der Waals surface area contributed by atoms with Gasteiger partial charge in [0.1, 0.15) is 74.4 Å². The topological polar surface area (TPSA) is 407 Å². The molecule has 2 aliphatic heterocycles. The van der Waals surface area contributed by atoms with Gasteiger partial charge in [-0.25, -0.2) is 53.5 Å². The number of carboxylic acid groups (broad SMARTS) is 1. The summed E-state index contributed by atoms with van der Waals surface area (Å²) in [5.74, 6) is -2.28. The van der Waals surface area contributed by atoms with Crippen molar-refractivity contribution in [1.29, 1.82) is 0 Å². The Hall–Kier alpha value is -12.1. The van der Waals surface area contributed by atoms with Gasteiger partial charge in [0.2, 0.25) is 0 Å². The van der Waals surface area contributed by atoms with E-state index in [1.54, 1.807) is 174 Å². The van der Waals surface area contributed by atoms with E-state index in [0.29, 0.717) is 123 Å². The quantitative estimate of drug-likeness (QED) is 0.0132. The van der Waals surface area contributed by atoms with Crippen LogP contribution in [0.3, 0.4) is 0 Å². The van der Waals surface area contributed by atoms with Crippen LogP contribution >= 0.6 is 139 Å². The molecule has 43 heteroatoms. The summed E-state index contributed by atoms with van der Waals surface area (Å²) in [6.45, 7) is 11.5. The number of ketones is 3. The fourth-order valence-electron chi connectivity index (χ4n) is 14.6. The number of pyridine rings is 7. The highest BCUT2D eigenvalue weighted by Gasteiger charge is 2.42. The van der Waals surface area contributed by atoms with Crippen molar-refractivity contribution < 1.29 is 96.1 Å². The van der Waals surface area contributed by atoms with Crippen LogP contribution in [0.5, 0.6) is 23.0 Å². The number of benzene rings is 6. The number of carboxylic acids is 1. The second kappa shape index (κ2) is 52.8. The standard InChI is InChI=1S/C36H32ClFN2O6.C28H30ClFN2O4.C15H10Cl2N2O2.C8H8Cl2N2O2.C7H7Cl2NO.C7H5Cl2NO.C6H3Cl2NO2/c1-20(40-34(42)25-6-4-5-7-26(25)35(40)43)23-17-29(21-8-12-28(38)27(37)16-21)39-33(19-23)36(2,44)15-14-30(41)22-9-13-31(32(18-22)45-3)46-24-10-11-24;1-16(31)19-13-23(17-4-8-22(30)21(29)12-17)32-27(15-19)28(2,34)11-10-24(33)18-5-9-25(26(14-18)35-3)36-20-6-7-20;1-8(9-6-12(16)18-13(17)7-9)19-14(20)10-4-2-3-5-11(10)15(19)21;1-12(14-2)8(13)5-3-6(9)11-7(10)4-5;2*1-4(11)5-2-6(8)10-7(9)3-5;7-4-1-3(6(10)11)2-5(8)9-4/h4-9,12-13,16-20,24,44H,10-11,14-15H2,1-3H3;4-5,8-9,12-16,20,34H,6-7,10-11,31H2,1-3H3;2-8H,1H3;3-4H,1-2H3;2-4,11H,1H3;2-3H,1H3;1-2H,(H,10,11). The number of aromatic nitrogens is 7. The number of aromatic carboxylic acids is 1. The second-order valence-electron chi connectivity index (χ2n) is 34.7. The van der Waals surface area contributed by atoms with Crippen LogP contribution in [0, 0.1) is 11.6 Å². The van der Waals surface area contributed by atoms with E-state index >= 15 is 0 Å². The lowest BCUT2D eigenvalue weighted by atomic mass is 9.90. The van der Waals surface area contributed by atoms with Gasteiger partial charge in [-0.1, -0.05) is 163 Å². The molecular formula is C107H95Cl12F2N11O18. The van der Waals surface area contributed by atoms with Crippen LogP contribution in [-0.4, -0.2) is 164 Å². The molecule has 6 aromatic carbocycles. The Morgan fingerprint density at radius 3 is 1.05 bits per heavy atom. The van der Waals surface area contributed by atoms with Gasteiger partial charge in [0.15, 0.2) is 40.3 Å². The van der Waals surface area contributed by atoms with Crippen molar-refractivity contribution in [2.24, 2.45) is 5.73 Å². The van der Waals surface area contributed by atoms with Gasteiger partial charge in [0.25, 0.3) is 29.5 Å². The number of hydrogen-bond acceptors (Lipinski definition) is 25. The van der Waals surface area contributed by atoms with Crippen LogP contribution in [0.2, 0.25) is 61.6 Å². The third-order valence-electron chi connectivity index (χ3n) is 23.2. The number of aliphatic hydroxyl groups excluding tert-OH is 1. The monoisotopic (exact) mass is 2280 g/mol. The molecule has 17 rings (SSSR count). The first kappa shape index (κ1) is 118. The van der Waals surface area contributed by atoms with Crippen LogP contribution in [0.4, 0.5) is 8.78 Å². The molecule has 2 aliphatic carbocycles. The highest BCUT2D eigenvalue weighted by Crippen LogP contribution is 2.43. The highest BCUT2D eigenvalue weighted by molar-refractivity contribution is 6.36. The van der Waals surface area contributed by atoms with Crippen molar-refractivity contribution in [2.45, 2.75) is 147 Å². The average Bonchev–Trinajstić information content (AvgIpc) is 1.50. The average molecular weight is 2290 g/mol. The van der Waals surface area contributed by atoms with Gasteiger partial charge in [-0.2, -0.15) is 0 Å². The van der Waals surface area contributed by atoms with Crippen LogP contribution in [-0.2, 0) is 16.0 Å². The summed E-state index contributed by atoms with van der Waals surface area (Å²) in [6.07, 6.45) is 4.05. The zero-order chi connectivity index (χ0) is 110. The minimum atomic E-state index is -1.61. The second-order valence-corrected chi connectivity index (χ2v) is 39.4. The summed E-state index contributed by atoms with van der Waals surface area (Å²) in [6, 6.07) is 51.9. The van der Waals surface area contributed by atoms with E-state index in [-0.39, 0.29) is 142 Å². The Morgan fingerprint density at radius 2 is 0.740 bits per heavy atom. The zero-order valence-corrected chi connectivity index (χ0v) is 90.7. The molecule has 9 heterocycles. The van der Waals surface area contributed by atoms with E-state index < -0.39 is 58.8 Å². The Labute approximate surface area is 921 Å². The molecule has 6 atom stereocenters. The molecule has 6 unspecified atom stereocenters. The Bertz CT molecular complexity index is 7040. The van der Waals surface area contributed by atoms with Gasteiger partial charge >= 0.3 is 5.97 Å². The van der Waals surface area contributed by atoms with Crippen LogP contribution in [0.15, 0.2) is 206 Å². The third kappa shape index (κ3) is 32.0. The summed E-state index contributed by atoms with van der Waals surface area (Å²) < 4.78 is 50.2. The Morgan fingerprint density at radius 1 is 0.420 bits per heavy atom. The molecule has 0 spiro atoms. The number of aliphatic hydroxyl groups is 3. The third-order valence-corrected chi connectivity index (χ3v) is 25.7. The first-order valence-electron chi connectivity index (χ1n) is 45.6. The Kier molecular flexibility index (Phi) is 41.6. The number of amides is 5. The molecule has 29 nitrogen and oxygen atoms in total. The first-order chi connectivity index (χ1) is 70.8. The maximum atomic E-state index is 14.0. The lowest BCUT2D eigenvalue weighted by molar-refractivity contribution is -0.0757. The lowest BCUT2D eigenvalue weighted by Crippen LogP contribution is -2.33. The van der Waals surface area contributed by atoms with Crippen molar-refractivity contribution in [2.75, 3.05) is 28.4 Å². The molecule has 0 radical (unpaired) electrons. The van der Waals surface area contributed by atoms with E-state index in [0.717, 1.165) is 36.3 Å². The number of nitrogens with zero attached hydrogens (tertiary/aromatic N) is 10. The lowest BCUT2D eigenvalue weighted by Gasteiger charge is -2.27. The fraction of sp³-hybridized carbons (Fsp3) is 0.252. The minimum Gasteiger partial charge on any atom is -0.493 e. The van der Waals surface area contributed by atoms with Gasteiger partial charge in [-0.05, 0) is 291 Å². The summed E-state index contributed by atoms with van der Waals surface area (Å²) in [4.78, 5) is 145. The maximum Gasteiger partial charge on any atom is 0.335 e. The summed E-state index contributed by atoms with van der Waals surface area (Å²) >= 11 is 68.2. The van der Waals surface area contributed by atoms with E-state index in [2.05, 4.69) is 34.9 Å². The van der Waals surface area contributed by atoms with Gasteiger partial charge < -0.3 is 45.1 Å². The molecule has 6 N–H and O–H groups in total. The van der Waals surface area contributed by atoms with Gasteiger partial charge in [-0.15, -0.1) is 0 Å². The van der Waals surface area contributed by atoms with E-state index in [4.69, 9.17) is 179 Å². The van der Waals surface area contributed by atoms with Crippen molar-refractivity contribution in [3.05, 3.63) is 363 Å². The van der Waals surface area contributed by atoms with Gasteiger partial charge in [0.05, 0.1) is 112 Å².